The Hall–Kier alpha value is -0.300. The molecule has 14 heavy (non-hydrogen) atoms. The fraction of sp³-hybridized carbons (Fsp3) is 0.846. The second-order valence-corrected chi connectivity index (χ2v) is 4.39. The number of likely N-dealkylation sites (tertiary alicyclic amines) is 1. The van der Waals surface area contributed by atoms with Crippen molar-refractivity contribution in [2.75, 3.05) is 13.1 Å². The third kappa shape index (κ3) is 4.28. The zero-order valence-corrected chi connectivity index (χ0v) is 10.6. The van der Waals surface area contributed by atoms with Gasteiger partial charge in [0.25, 0.3) is 0 Å². The van der Waals surface area contributed by atoms with Crippen molar-refractivity contribution >= 4 is 0 Å². The molecule has 0 aromatic heterocycles. The lowest BCUT2D eigenvalue weighted by molar-refractivity contribution is 0.250. The van der Waals surface area contributed by atoms with Crippen LogP contribution in [0.1, 0.15) is 47.5 Å². The normalized spacial score (nSPS) is 22.0. The highest BCUT2D eigenvalue weighted by Gasteiger charge is 2.24. The van der Waals surface area contributed by atoms with Crippen molar-refractivity contribution in [3.8, 4) is 0 Å². The number of rotatable bonds is 3. The van der Waals surface area contributed by atoms with Crippen LogP contribution in [0.3, 0.4) is 0 Å². The van der Waals surface area contributed by atoms with Gasteiger partial charge in [0, 0.05) is 12.6 Å². The van der Waals surface area contributed by atoms with Crippen molar-refractivity contribution in [1.82, 2.24) is 4.90 Å². The molecule has 0 amide bonds. The van der Waals surface area contributed by atoms with Crippen LogP contribution < -0.4 is 0 Å². The Balaban J connectivity index is 0.000000791. The number of hydrogen-bond acceptors (Lipinski definition) is 1. The van der Waals surface area contributed by atoms with Crippen LogP contribution in [0.2, 0.25) is 0 Å². The van der Waals surface area contributed by atoms with E-state index in [1.54, 1.807) is 0 Å². The summed E-state index contributed by atoms with van der Waals surface area (Å²) in [6, 6.07) is 0.674. The molecule has 84 valence electrons. The molecule has 0 aliphatic carbocycles. The molecule has 1 unspecified atom stereocenters. The molecule has 0 N–H and O–H groups in total. The Labute approximate surface area is 90.2 Å². The predicted molar refractivity (Wildman–Crippen MR) is 65.6 cm³/mol. The van der Waals surface area contributed by atoms with Crippen molar-refractivity contribution in [2.45, 2.75) is 53.5 Å². The maximum atomic E-state index is 4.05. The standard InChI is InChI=1S/C11H21N.C2H6/c1-9(2)8-12-7-5-6-11(12)10(3)4;1-2/h9,11H,3,5-8H2,1-2,4H3;1-2H3. The van der Waals surface area contributed by atoms with Crippen LogP contribution in [0.25, 0.3) is 0 Å². The van der Waals surface area contributed by atoms with E-state index in [9.17, 15) is 0 Å². The minimum atomic E-state index is 0.674. The quantitative estimate of drug-likeness (QED) is 0.623. The smallest absolute Gasteiger partial charge is 0.0302 e. The van der Waals surface area contributed by atoms with Gasteiger partial charge in [-0.25, -0.2) is 0 Å². The van der Waals surface area contributed by atoms with Crippen LogP contribution in [0, 0.1) is 5.92 Å². The lowest BCUT2D eigenvalue weighted by Crippen LogP contribution is -2.33. The van der Waals surface area contributed by atoms with E-state index in [2.05, 4.69) is 32.3 Å². The van der Waals surface area contributed by atoms with Crippen LogP contribution in [-0.2, 0) is 0 Å². The monoisotopic (exact) mass is 197 g/mol. The second-order valence-electron chi connectivity index (χ2n) is 4.39. The predicted octanol–water partition coefficient (Wildman–Crippen LogP) is 3.71. The van der Waals surface area contributed by atoms with Gasteiger partial charge in [-0.15, -0.1) is 0 Å². The van der Waals surface area contributed by atoms with Crippen LogP contribution >= 0.6 is 0 Å². The summed E-state index contributed by atoms with van der Waals surface area (Å²) < 4.78 is 0. The van der Waals surface area contributed by atoms with E-state index in [1.165, 1.54) is 31.5 Å². The molecule has 0 saturated carbocycles. The maximum absolute atomic E-state index is 4.05. The average Bonchev–Trinajstić information content (AvgIpc) is 2.55. The first kappa shape index (κ1) is 13.7. The van der Waals surface area contributed by atoms with Gasteiger partial charge in [-0.3, -0.25) is 4.90 Å². The Morgan fingerprint density at radius 3 is 2.43 bits per heavy atom. The van der Waals surface area contributed by atoms with E-state index in [1.807, 2.05) is 13.8 Å². The molecule has 1 heteroatoms. The molecular weight excluding hydrogens is 170 g/mol. The van der Waals surface area contributed by atoms with E-state index in [4.69, 9.17) is 0 Å². The Bertz CT molecular complexity index is 161. The van der Waals surface area contributed by atoms with E-state index in [-0.39, 0.29) is 0 Å². The second kappa shape index (κ2) is 7.05. The lowest BCUT2D eigenvalue weighted by atomic mass is 10.1. The molecule has 1 heterocycles. The highest BCUT2D eigenvalue weighted by atomic mass is 15.2. The third-order valence-corrected chi connectivity index (χ3v) is 2.53. The molecule has 1 nitrogen and oxygen atoms in total. The van der Waals surface area contributed by atoms with Gasteiger partial charge in [0.15, 0.2) is 0 Å². The van der Waals surface area contributed by atoms with E-state index >= 15 is 0 Å². The molecule has 0 spiro atoms. The fourth-order valence-electron chi connectivity index (χ4n) is 2.07. The van der Waals surface area contributed by atoms with E-state index in [0.717, 1.165) is 5.92 Å². The van der Waals surface area contributed by atoms with Crippen LogP contribution in [0.15, 0.2) is 12.2 Å². The average molecular weight is 197 g/mol. The largest absolute Gasteiger partial charge is 0.296 e. The minimum Gasteiger partial charge on any atom is -0.296 e. The molecule has 0 aromatic rings. The van der Waals surface area contributed by atoms with Crippen molar-refractivity contribution in [3.05, 3.63) is 12.2 Å². The summed E-state index contributed by atoms with van der Waals surface area (Å²) in [7, 11) is 0. The molecule has 0 bridgehead atoms. The molecule has 1 atom stereocenters. The van der Waals surface area contributed by atoms with Crippen molar-refractivity contribution in [1.29, 1.82) is 0 Å². The summed E-state index contributed by atoms with van der Waals surface area (Å²) in [5, 5.41) is 0. The summed E-state index contributed by atoms with van der Waals surface area (Å²) in [6.07, 6.45) is 2.67. The molecule has 1 aliphatic heterocycles. The van der Waals surface area contributed by atoms with Gasteiger partial charge < -0.3 is 0 Å². The third-order valence-electron chi connectivity index (χ3n) is 2.53. The highest BCUT2D eigenvalue weighted by Crippen LogP contribution is 2.23. The zero-order valence-electron chi connectivity index (χ0n) is 10.6. The Kier molecular flexibility index (Phi) is 6.90. The fourth-order valence-corrected chi connectivity index (χ4v) is 2.07. The van der Waals surface area contributed by atoms with Crippen LogP contribution in [0.4, 0.5) is 0 Å². The minimum absolute atomic E-state index is 0.674. The van der Waals surface area contributed by atoms with E-state index in [0.29, 0.717) is 6.04 Å². The maximum Gasteiger partial charge on any atom is 0.0302 e. The van der Waals surface area contributed by atoms with Gasteiger partial charge in [0.05, 0.1) is 0 Å². The Morgan fingerprint density at radius 2 is 2.00 bits per heavy atom. The van der Waals surface area contributed by atoms with Gasteiger partial charge >= 0.3 is 0 Å². The number of hydrogen-bond donors (Lipinski definition) is 0. The summed E-state index contributed by atoms with van der Waals surface area (Å²) in [5.41, 5.74) is 1.34. The summed E-state index contributed by atoms with van der Waals surface area (Å²) >= 11 is 0. The summed E-state index contributed by atoms with van der Waals surface area (Å²) in [4.78, 5) is 2.58. The first-order valence-electron chi connectivity index (χ1n) is 6.00. The Morgan fingerprint density at radius 1 is 1.43 bits per heavy atom. The lowest BCUT2D eigenvalue weighted by Gasteiger charge is -2.26. The molecule has 1 saturated heterocycles. The highest BCUT2D eigenvalue weighted by molar-refractivity contribution is 5.05. The van der Waals surface area contributed by atoms with Crippen LogP contribution in [0.5, 0.6) is 0 Å². The number of nitrogens with zero attached hydrogens (tertiary/aromatic N) is 1. The molecule has 1 rings (SSSR count). The molecule has 0 radical (unpaired) electrons. The van der Waals surface area contributed by atoms with Crippen molar-refractivity contribution in [2.24, 2.45) is 5.92 Å². The molecule has 0 aromatic carbocycles. The van der Waals surface area contributed by atoms with Gasteiger partial charge in [-0.1, -0.05) is 39.8 Å². The van der Waals surface area contributed by atoms with Gasteiger partial charge in [-0.2, -0.15) is 0 Å². The first-order chi connectivity index (χ1) is 6.61. The van der Waals surface area contributed by atoms with Crippen molar-refractivity contribution in [3.63, 3.8) is 0 Å². The summed E-state index contributed by atoms with van der Waals surface area (Å²) in [6.45, 7) is 17.3. The zero-order chi connectivity index (χ0) is 11.1. The topological polar surface area (TPSA) is 3.24 Å². The molecule has 1 fully saturated rings. The van der Waals surface area contributed by atoms with Gasteiger partial charge in [-0.05, 0) is 32.2 Å². The van der Waals surface area contributed by atoms with Crippen molar-refractivity contribution < 1.29 is 0 Å². The summed E-state index contributed by atoms with van der Waals surface area (Å²) in [5.74, 6) is 0.782. The van der Waals surface area contributed by atoms with Crippen LogP contribution in [-0.4, -0.2) is 24.0 Å². The first-order valence-corrected chi connectivity index (χ1v) is 6.00. The van der Waals surface area contributed by atoms with Gasteiger partial charge in [0.1, 0.15) is 0 Å². The SMILES string of the molecule is C=C(C)C1CCCN1CC(C)C.CC. The molecule has 1 aliphatic rings. The van der Waals surface area contributed by atoms with E-state index < -0.39 is 0 Å². The van der Waals surface area contributed by atoms with Gasteiger partial charge in [0.2, 0.25) is 0 Å². The molecular formula is C13H27N.